The first-order valence-corrected chi connectivity index (χ1v) is 9.29. The van der Waals surface area contributed by atoms with Gasteiger partial charge in [0.25, 0.3) is 0 Å². The van der Waals surface area contributed by atoms with E-state index in [-0.39, 0.29) is 5.75 Å². The van der Waals surface area contributed by atoms with Crippen molar-refractivity contribution < 1.29 is 5.11 Å². The molecule has 3 aromatic rings. The van der Waals surface area contributed by atoms with Crippen molar-refractivity contribution >= 4 is 5.95 Å². The molecule has 8 heteroatoms. The van der Waals surface area contributed by atoms with Gasteiger partial charge in [0.2, 0.25) is 5.95 Å². The molecule has 138 valence electrons. The highest BCUT2D eigenvalue weighted by Crippen LogP contribution is 2.32. The fraction of sp³-hybridized carbons (Fsp3) is 0.368. The van der Waals surface area contributed by atoms with E-state index in [4.69, 9.17) is 0 Å². The average Bonchev–Trinajstić information content (AvgIpc) is 3.39. The lowest BCUT2D eigenvalue weighted by molar-refractivity contribution is 0.229. The third kappa shape index (κ3) is 3.02. The molecular formula is C19H21N7O. The number of nitrogens with one attached hydrogen (secondary N) is 1. The summed E-state index contributed by atoms with van der Waals surface area (Å²) in [4.78, 5) is 9.28. The monoisotopic (exact) mass is 363 g/mol. The summed E-state index contributed by atoms with van der Waals surface area (Å²) in [6, 6.07) is 6.08. The van der Waals surface area contributed by atoms with Gasteiger partial charge >= 0.3 is 0 Å². The number of rotatable bonds is 3. The number of benzene rings is 1. The van der Waals surface area contributed by atoms with Crippen LogP contribution in [0.15, 0.2) is 36.8 Å². The summed E-state index contributed by atoms with van der Waals surface area (Å²) in [5.41, 5.74) is 2.99. The Kier molecular flexibility index (Phi) is 3.97. The fourth-order valence-corrected chi connectivity index (χ4v) is 4.05. The van der Waals surface area contributed by atoms with Crippen LogP contribution in [-0.4, -0.2) is 67.6 Å². The van der Waals surface area contributed by atoms with E-state index in [0.717, 1.165) is 30.8 Å². The first kappa shape index (κ1) is 16.2. The van der Waals surface area contributed by atoms with Crippen LogP contribution in [0.25, 0.3) is 22.4 Å². The van der Waals surface area contributed by atoms with Crippen LogP contribution < -0.4 is 4.90 Å². The molecule has 1 aromatic carbocycles. The highest BCUT2D eigenvalue weighted by Gasteiger charge is 2.31. The Morgan fingerprint density at radius 2 is 2.04 bits per heavy atom. The van der Waals surface area contributed by atoms with E-state index in [1.807, 2.05) is 12.1 Å². The van der Waals surface area contributed by atoms with E-state index < -0.39 is 0 Å². The Morgan fingerprint density at radius 3 is 2.81 bits per heavy atom. The zero-order valence-electron chi connectivity index (χ0n) is 14.9. The summed E-state index contributed by atoms with van der Waals surface area (Å²) in [6.07, 6.45) is 7.73. The third-order valence-corrected chi connectivity index (χ3v) is 5.52. The van der Waals surface area contributed by atoms with Gasteiger partial charge in [0.15, 0.2) is 0 Å². The van der Waals surface area contributed by atoms with Crippen LogP contribution in [-0.2, 0) is 0 Å². The summed E-state index contributed by atoms with van der Waals surface area (Å²) in [5.74, 6) is 0.817. The number of nitrogens with zero attached hydrogens (tertiary/aromatic N) is 6. The number of piperazine rings is 1. The minimum absolute atomic E-state index is 0.150. The predicted octanol–water partition coefficient (Wildman–Crippen LogP) is 1.92. The van der Waals surface area contributed by atoms with Crippen molar-refractivity contribution in [2.75, 3.05) is 31.1 Å². The molecule has 2 aromatic heterocycles. The molecule has 0 aliphatic carbocycles. The number of aromatic amines is 1. The summed E-state index contributed by atoms with van der Waals surface area (Å²) >= 11 is 0. The van der Waals surface area contributed by atoms with Crippen molar-refractivity contribution in [1.29, 1.82) is 0 Å². The summed E-state index contributed by atoms with van der Waals surface area (Å²) in [6.45, 7) is 4.17. The molecule has 2 N–H and O–H groups in total. The number of hydrogen-bond donors (Lipinski definition) is 2. The second kappa shape index (κ2) is 6.62. The van der Waals surface area contributed by atoms with Crippen LogP contribution in [0.5, 0.6) is 5.75 Å². The van der Waals surface area contributed by atoms with Gasteiger partial charge in [0, 0.05) is 43.0 Å². The van der Waals surface area contributed by atoms with Gasteiger partial charge in [-0.15, -0.1) is 10.2 Å². The lowest BCUT2D eigenvalue weighted by Gasteiger charge is -2.37. The van der Waals surface area contributed by atoms with Gasteiger partial charge < -0.3 is 10.0 Å². The van der Waals surface area contributed by atoms with Crippen molar-refractivity contribution in [3.8, 4) is 28.1 Å². The van der Waals surface area contributed by atoms with Gasteiger partial charge in [-0.2, -0.15) is 5.10 Å². The van der Waals surface area contributed by atoms with Crippen LogP contribution in [0.3, 0.4) is 0 Å². The number of phenolic OH excluding ortho intramolecular Hbond substituents is 1. The Hall–Kier alpha value is -3.00. The molecule has 2 fully saturated rings. The Bertz CT molecular complexity index is 926. The standard InChI is InChI=1S/C19H21N7O/c27-18-8-13(14-9-21-22-10-14)3-4-16(18)17-11-20-19(24-23-17)26-7-6-25-5-1-2-15(25)12-26/h3-4,8-11,15,27H,1-2,5-7,12H2,(H,21,22)/t15-/m0/s1. The van der Waals surface area contributed by atoms with Crippen LogP contribution in [0.1, 0.15) is 12.8 Å². The van der Waals surface area contributed by atoms with Gasteiger partial charge in [-0.05, 0) is 37.1 Å². The third-order valence-electron chi connectivity index (χ3n) is 5.52. The van der Waals surface area contributed by atoms with E-state index >= 15 is 0 Å². The summed E-state index contributed by atoms with van der Waals surface area (Å²) in [5, 5.41) is 25.8. The lowest BCUT2D eigenvalue weighted by atomic mass is 10.0. The van der Waals surface area contributed by atoms with Crippen molar-refractivity contribution in [1.82, 2.24) is 30.3 Å². The SMILES string of the molecule is Oc1cc(-c2cn[nH]c2)ccc1-c1cnc(N2CCN3CCC[C@H]3C2)nn1. The first-order valence-electron chi connectivity index (χ1n) is 9.29. The average molecular weight is 363 g/mol. The van der Waals surface area contributed by atoms with E-state index in [0.29, 0.717) is 23.2 Å². The van der Waals surface area contributed by atoms with Gasteiger partial charge in [0.05, 0.1) is 12.4 Å². The molecule has 0 spiro atoms. The van der Waals surface area contributed by atoms with E-state index in [1.54, 1.807) is 24.7 Å². The quantitative estimate of drug-likeness (QED) is 0.734. The molecule has 0 saturated carbocycles. The molecule has 0 radical (unpaired) electrons. The van der Waals surface area contributed by atoms with Crippen molar-refractivity contribution in [3.63, 3.8) is 0 Å². The molecule has 0 amide bonds. The highest BCUT2D eigenvalue weighted by atomic mass is 16.3. The smallest absolute Gasteiger partial charge is 0.245 e. The van der Waals surface area contributed by atoms with Crippen LogP contribution in [0.2, 0.25) is 0 Å². The van der Waals surface area contributed by atoms with E-state index in [2.05, 4.69) is 35.2 Å². The minimum atomic E-state index is 0.150. The number of H-pyrrole nitrogens is 1. The van der Waals surface area contributed by atoms with Gasteiger partial charge in [-0.1, -0.05) is 6.07 Å². The van der Waals surface area contributed by atoms with Crippen LogP contribution >= 0.6 is 0 Å². The fourth-order valence-electron chi connectivity index (χ4n) is 4.05. The molecule has 2 aliphatic rings. The molecule has 2 aliphatic heterocycles. The van der Waals surface area contributed by atoms with Crippen LogP contribution in [0, 0.1) is 0 Å². The molecule has 0 unspecified atom stereocenters. The van der Waals surface area contributed by atoms with Gasteiger partial charge in [0.1, 0.15) is 11.4 Å². The first-order chi connectivity index (χ1) is 13.3. The van der Waals surface area contributed by atoms with E-state index in [1.165, 1.54) is 19.4 Å². The number of phenols is 1. The molecule has 0 bridgehead atoms. The molecule has 4 heterocycles. The number of hydrogen-bond acceptors (Lipinski definition) is 7. The topological polar surface area (TPSA) is 94.1 Å². The Labute approximate surface area is 156 Å². The number of aromatic hydroxyl groups is 1. The lowest BCUT2D eigenvalue weighted by Crippen LogP contribution is -2.50. The minimum Gasteiger partial charge on any atom is -0.507 e. The van der Waals surface area contributed by atoms with Gasteiger partial charge in [-0.3, -0.25) is 10.00 Å². The number of anilines is 1. The number of fused-ring (bicyclic) bond motifs is 1. The zero-order chi connectivity index (χ0) is 18.2. The second-order valence-electron chi connectivity index (χ2n) is 7.14. The van der Waals surface area contributed by atoms with Crippen molar-refractivity contribution in [2.45, 2.75) is 18.9 Å². The summed E-state index contributed by atoms with van der Waals surface area (Å²) in [7, 11) is 0. The Morgan fingerprint density at radius 1 is 1.07 bits per heavy atom. The summed E-state index contributed by atoms with van der Waals surface area (Å²) < 4.78 is 0. The van der Waals surface area contributed by atoms with Crippen molar-refractivity contribution in [2.24, 2.45) is 0 Å². The maximum Gasteiger partial charge on any atom is 0.245 e. The molecule has 8 nitrogen and oxygen atoms in total. The van der Waals surface area contributed by atoms with Gasteiger partial charge in [-0.25, -0.2) is 4.98 Å². The zero-order valence-corrected chi connectivity index (χ0v) is 14.9. The molecular weight excluding hydrogens is 342 g/mol. The molecule has 2 saturated heterocycles. The maximum absolute atomic E-state index is 10.4. The molecule has 5 rings (SSSR count). The molecule has 27 heavy (non-hydrogen) atoms. The largest absolute Gasteiger partial charge is 0.507 e. The Balaban J connectivity index is 1.36. The predicted molar refractivity (Wildman–Crippen MR) is 101 cm³/mol. The second-order valence-corrected chi connectivity index (χ2v) is 7.14. The maximum atomic E-state index is 10.4. The highest BCUT2D eigenvalue weighted by molar-refractivity contribution is 5.73. The van der Waals surface area contributed by atoms with Crippen LogP contribution in [0.4, 0.5) is 5.95 Å². The van der Waals surface area contributed by atoms with Crippen molar-refractivity contribution in [3.05, 3.63) is 36.8 Å². The normalized spacial score (nSPS) is 20.0. The number of aromatic nitrogens is 5. The van der Waals surface area contributed by atoms with E-state index in [9.17, 15) is 5.11 Å². The molecule has 1 atom stereocenters.